The van der Waals surface area contributed by atoms with Crippen molar-refractivity contribution >= 4 is 34.9 Å². The second kappa shape index (κ2) is 6.64. The molecule has 0 unspecified atom stereocenters. The highest BCUT2D eigenvalue weighted by Crippen LogP contribution is 2.31. The van der Waals surface area contributed by atoms with E-state index in [4.69, 9.17) is 11.6 Å². The van der Waals surface area contributed by atoms with E-state index in [1.54, 1.807) is 9.80 Å². The molecule has 1 heterocycles. The number of nitro benzene ring substituents is 1. The zero-order chi connectivity index (χ0) is 17.3. The van der Waals surface area contributed by atoms with Gasteiger partial charge in [-0.15, -0.1) is 0 Å². The number of urea groups is 1. The molecule has 2 fully saturated rings. The monoisotopic (exact) mass is 352 g/mol. The molecule has 1 saturated carbocycles. The number of nitrogens with zero attached hydrogens (tertiary/aromatic N) is 3. The van der Waals surface area contributed by atoms with Gasteiger partial charge in [0.2, 0.25) is 5.91 Å². The number of benzene rings is 1. The number of carbonyl (C=O) groups excluding carboxylic acids is 2. The average molecular weight is 353 g/mol. The van der Waals surface area contributed by atoms with Crippen molar-refractivity contribution in [2.45, 2.75) is 12.8 Å². The van der Waals surface area contributed by atoms with Crippen LogP contribution in [0, 0.1) is 16.0 Å². The molecule has 1 aliphatic carbocycles. The van der Waals surface area contributed by atoms with Crippen LogP contribution in [0.1, 0.15) is 12.8 Å². The number of amides is 3. The molecule has 1 aliphatic heterocycles. The maximum atomic E-state index is 12.3. The second-order valence-corrected chi connectivity index (χ2v) is 6.35. The Bertz CT molecular complexity index is 684. The van der Waals surface area contributed by atoms with Crippen molar-refractivity contribution in [3.63, 3.8) is 0 Å². The number of piperazine rings is 1. The van der Waals surface area contributed by atoms with Crippen molar-refractivity contribution < 1.29 is 14.5 Å². The van der Waals surface area contributed by atoms with E-state index in [1.165, 1.54) is 18.2 Å². The van der Waals surface area contributed by atoms with E-state index in [1.807, 2.05) is 0 Å². The molecule has 2 aliphatic rings. The van der Waals surface area contributed by atoms with Gasteiger partial charge in [-0.05, 0) is 25.0 Å². The Kier molecular flexibility index (Phi) is 4.57. The normalized spacial score (nSPS) is 17.5. The quantitative estimate of drug-likeness (QED) is 0.667. The molecule has 3 amide bonds. The van der Waals surface area contributed by atoms with Gasteiger partial charge in [0.25, 0.3) is 5.69 Å². The standard InChI is InChI=1S/C15H17ClN4O4/c16-12-4-3-11(9-13(12)20(23)24)17-15(22)19-7-5-18(6-8-19)14(21)10-1-2-10/h3-4,9-10H,1-2,5-8H2,(H,17,22). The van der Waals surface area contributed by atoms with Gasteiger partial charge in [-0.25, -0.2) is 4.79 Å². The maximum Gasteiger partial charge on any atom is 0.321 e. The predicted molar refractivity (Wildman–Crippen MR) is 88.0 cm³/mol. The summed E-state index contributed by atoms with van der Waals surface area (Å²) in [6.45, 7) is 1.92. The third-order valence-electron chi connectivity index (χ3n) is 4.20. The molecule has 8 nitrogen and oxygen atoms in total. The minimum absolute atomic E-state index is 0.0187. The highest BCUT2D eigenvalue weighted by molar-refractivity contribution is 6.32. The molecule has 0 aromatic heterocycles. The minimum atomic E-state index is -0.597. The SMILES string of the molecule is O=C(Nc1ccc(Cl)c([N+](=O)[O-])c1)N1CCN(C(=O)C2CC2)CC1. The van der Waals surface area contributed by atoms with Crippen molar-refractivity contribution in [2.24, 2.45) is 5.92 Å². The molecule has 1 saturated heterocycles. The second-order valence-electron chi connectivity index (χ2n) is 5.94. The lowest BCUT2D eigenvalue weighted by molar-refractivity contribution is -0.384. The van der Waals surface area contributed by atoms with Crippen molar-refractivity contribution in [3.05, 3.63) is 33.3 Å². The topological polar surface area (TPSA) is 95.8 Å². The van der Waals surface area contributed by atoms with E-state index in [0.29, 0.717) is 31.9 Å². The van der Waals surface area contributed by atoms with Crippen LogP contribution in [0.25, 0.3) is 0 Å². The first-order chi connectivity index (χ1) is 11.5. The van der Waals surface area contributed by atoms with E-state index in [9.17, 15) is 19.7 Å². The fraction of sp³-hybridized carbons (Fsp3) is 0.467. The summed E-state index contributed by atoms with van der Waals surface area (Å²) >= 11 is 5.75. The van der Waals surface area contributed by atoms with Gasteiger partial charge in [0.15, 0.2) is 0 Å². The third kappa shape index (κ3) is 3.59. The first-order valence-corrected chi connectivity index (χ1v) is 8.12. The molecule has 24 heavy (non-hydrogen) atoms. The summed E-state index contributed by atoms with van der Waals surface area (Å²) < 4.78 is 0. The van der Waals surface area contributed by atoms with Crippen molar-refractivity contribution in [3.8, 4) is 0 Å². The van der Waals surface area contributed by atoms with Crippen molar-refractivity contribution in [2.75, 3.05) is 31.5 Å². The molecular weight excluding hydrogens is 336 g/mol. The van der Waals surface area contributed by atoms with Gasteiger partial charge >= 0.3 is 6.03 Å². The molecule has 9 heteroatoms. The summed E-state index contributed by atoms with van der Waals surface area (Å²) in [4.78, 5) is 37.9. The number of nitrogens with one attached hydrogen (secondary N) is 1. The summed E-state index contributed by atoms with van der Waals surface area (Å²) in [6.07, 6.45) is 1.93. The maximum absolute atomic E-state index is 12.3. The number of rotatable bonds is 3. The van der Waals surface area contributed by atoms with Crippen LogP contribution in [0.5, 0.6) is 0 Å². The van der Waals surface area contributed by atoms with Crippen LogP contribution in [0.15, 0.2) is 18.2 Å². The fourth-order valence-electron chi connectivity index (χ4n) is 2.65. The van der Waals surface area contributed by atoms with Gasteiger partial charge in [0, 0.05) is 43.9 Å². The number of anilines is 1. The average Bonchev–Trinajstić information content (AvgIpc) is 3.41. The summed E-state index contributed by atoms with van der Waals surface area (Å²) in [5, 5.41) is 13.5. The van der Waals surface area contributed by atoms with Gasteiger partial charge in [-0.3, -0.25) is 14.9 Å². The number of carbonyl (C=O) groups is 2. The van der Waals surface area contributed by atoms with Gasteiger partial charge in [0.05, 0.1) is 4.92 Å². The lowest BCUT2D eigenvalue weighted by Gasteiger charge is -2.34. The molecule has 1 aromatic carbocycles. The summed E-state index contributed by atoms with van der Waals surface area (Å²) in [5.74, 6) is 0.364. The summed E-state index contributed by atoms with van der Waals surface area (Å²) in [6, 6.07) is 3.78. The van der Waals surface area contributed by atoms with Crippen molar-refractivity contribution in [1.82, 2.24) is 9.80 Å². The highest BCUT2D eigenvalue weighted by Gasteiger charge is 2.35. The third-order valence-corrected chi connectivity index (χ3v) is 4.52. The smallest absolute Gasteiger partial charge is 0.321 e. The lowest BCUT2D eigenvalue weighted by atomic mass is 10.2. The number of hydrogen-bond acceptors (Lipinski definition) is 4. The van der Waals surface area contributed by atoms with Crippen LogP contribution in [0.2, 0.25) is 5.02 Å². The van der Waals surface area contributed by atoms with Crippen molar-refractivity contribution in [1.29, 1.82) is 0 Å². The van der Waals surface area contributed by atoms with E-state index < -0.39 is 4.92 Å². The highest BCUT2D eigenvalue weighted by atomic mass is 35.5. The molecule has 0 spiro atoms. The number of hydrogen-bond donors (Lipinski definition) is 1. The first kappa shape index (κ1) is 16.5. The molecule has 1 N–H and O–H groups in total. The molecule has 0 atom stereocenters. The van der Waals surface area contributed by atoms with E-state index in [0.717, 1.165) is 12.8 Å². The first-order valence-electron chi connectivity index (χ1n) is 7.74. The Hall–Kier alpha value is -2.35. The van der Waals surface area contributed by atoms with Gasteiger partial charge in [-0.2, -0.15) is 0 Å². The van der Waals surface area contributed by atoms with Gasteiger partial charge in [-0.1, -0.05) is 11.6 Å². The lowest BCUT2D eigenvalue weighted by Crippen LogP contribution is -2.52. The molecular formula is C15H17ClN4O4. The molecule has 3 rings (SSSR count). The van der Waals surface area contributed by atoms with E-state index in [-0.39, 0.29) is 28.6 Å². The Labute approximate surface area is 143 Å². The van der Waals surface area contributed by atoms with Crippen LogP contribution >= 0.6 is 11.6 Å². The Morgan fingerprint density at radius 1 is 1.17 bits per heavy atom. The fourth-order valence-corrected chi connectivity index (χ4v) is 2.84. The van der Waals surface area contributed by atoms with Gasteiger partial charge < -0.3 is 15.1 Å². The zero-order valence-corrected chi connectivity index (χ0v) is 13.7. The Balaban J connectivity index is 1.57. The molecule has 128 valence electrons. The minimum Gasteiger partial charge on any atom is -0.339 e. The van der Waals surface area contributed by atoms with Crippen LogP contribution < -0.4 is 5.32 Å². The molecule has 0 radical (unpaired) electrons. The van der Waals surface area contributed by atoms with Crippen LogP contribution in [-0.4, -0.2) is 52.8 Å². The number of halogens is 1. The largest absolute Gasteiger partial charge is 0.339 e. The van der Waals surface area contributed by atoms with Gasteiger partial charge in [0.1, 0.15) is 5.02 Å². The number of nitro groups is 1. The van der Waals surface area contributed by atoms with E-state index >= 15 is 0 Å². The van der Waals surface area contributed by atoms with E-state index in [2.05, 4.69) is 5.32 Å². The summed E-state index contributed by atoms with van der Waals surface area (Å²) in [5.41, 5.74) is 0.0573. The predicted octanol–water partition coefficient (Wildman–Crippen LogP) is 2.33. The Morgan fingerprint density at radius 3 is 2.38 bits per heavy atom. The summed E-state index contributed by atoms with van der Waals surface area (Å²) in [7, 11) is 0. The van der Waals surface area contributed by atoms with Crippen LogP contribution in [-0.2, 0) is 4.79 Å². The van der Waals surface area contributed by atoms with Crippen LogP contribution in [0.3, 0.4) is 0 Å². The molecule has 1 aromatic rings. The Morgan fingerprint density at radius 2 is 1.79 bits per heavy atom. The zero-order valence-electron chi connectivity index (χ0n) is 12.9. The van der Waals surface area contributed by atoms with Crippen LogP contribution in [0.4, 0.5) is 16.2 Å². The molecule has 0 bridgehead atoms.